The van der Waals surface area contributed by atoms with E-state index >= 15 is 0 Å². The molecule has 0 radical (unpaired) electrons. The van der Waals surface area contributed by atoms with Crippen molar-refractivity contribution in [1.82, 2.24) is 0 Å². The highest BCUT2D eigenvalue weighted by Crippen LogP contribution is 2.44. The molecule has 0 heterocycles. The molecule has 0 aliphatic heterocycles. The van der Waals surface area contributed by atoms with E-state index in [9.17, 15) is 0 Å². The summed E-state index contributed by atoms with van der Waals surface area (Å²) in [5.74, 6) is 1.65. The molecule has 1 nitrogen and oxygen atoms in total. The average molecular weight is 311 g/mol. The Hall–Kier alpha value is -0.340. The number of hydrogen-bond acceptors (Lipinski definition) is 1. The molecule has 1 saturated carbocycles. The number of alkyl halides is 1. The summed E-state index contributed by atoms with van der Waals surface area (Å²) in [5.41, 5.74) is 2.79. The lowest BCUT2D eigenvalue weighted by atomic mass is 9.90. The van der Waals surface area contributed by atoms with Crippen LogP contribution in [-0.4, -0.2) is 13.7 Å². The Morgan fingerprint density at radius 2 is 2.00 bits per heavy atom. The standard InChI is InChI=1S/C16H23BrO/c1-12-4-3-5-15(12)16(17)14-8-6-13(7-9-14)10-11-18-2/h6-9,12,15-16H,3-5,10-11H2,1-2H3. The highest BCUT2D eigenvalue weighted by atomic mass is 79.9. The van der Waals surface area contributed by atoms with Crippen LogP contribution in [0.3, 0.4) is 0 Å². The Labute approximate surface area is 119 Å². The van der Waals surface area contributed by atoms with Crippen LogP contribution < -0.4 is 0 Å². The zero-order valence-corrected chi connectivity index (χ0v) is 12.9. The Balaban J connectivity index is 2.00. The minimum atomic E-state index is 0.520. The fourth-order valence-corrected chi connectivity index (χ4v) is 4.03. The van der Waals surface area contributed by atoms with Gasteiger partial charge in [-0.1, -0.05) is 60.0 Å². The van der Waals surface area contributed by atoms with Crippen molar-refractivity contribution in [2.24, 2.45) is 11.8 Å². The topological polar surface area (TPSA) is 9.23 Å². The largest absolute Gasteiger partial charge is 0.384 e. The Morgan fingerprint density at radius 3 is 2.56 bits per heavy atom. The molecule has 0 N–H and O–H groups in total. The van der Waals surface area contributed by atoms with E-state index in [1.54, 1.807) is 7.11 Å². The molecule has 1 aliphatic carbocycles. The molecule has 0 amide bonds. The Kier molecular flexibility index (Phi) is 5.25. The predicted molar refractivity (Wildman–Crippen MR) is 80.2 cm³/mol. The van der Waals surface area contributed by atoms with E-state index in [1.165, 1.54) is 30.4 Å². The maximum absolute atomic E-state index is 5.11. The van der Waals surface area contributed by atoms with Gasteiger partial charge in [-0.3, -0.25) is 0 Å². The van der Waals surface area contributed by atoms with Crippen LogP contribution in [-0.2, 0) is 11.2 Å². The summed E-state index contributed by atoms with van der Waals surface area (Å²) in [6, 6.07) is 9.02. The second-order valence-electron chi connectivity index (χ2n) is 5.46. The normalized spacial score (nSPS) is 25.3. The molecule has 0 bridgehead atoms. The van der Waals surface area contributed by atoms with Gasteiger partial charge < -0.3 is 4.74 Å². The zero-order chi connectivity index (χ0) is 13.0. The van der Waals surface area contributed by atoms with Gasteiger partial charge in [0.1, 0.15) is 0 Å². The van der Waals surface area contributed by atoms with Crippen molar-refractivity contribution in [2.75, 3.05) is 13.7 Å². The second kappa shape index (κ2) is 6.72. The van der Waals surface area contributed by atoms with E-state index in [2.05, 4.69) is 47.1 Å². The molecule has 3 atom stereocenters. The monoisotopic (exact) mass is 310 g/mol. The number of halogens is 1. The smallest absolute Gasteiger partial charge is 0.0502 e. The summed E-state index contributed by atoms with van der Waals surface area (Å²) in [7, 11) is 1.75. The van der Waals surface area contributed by atoms with Gasteiger partial charge in [0.15, 0.2) is 0 Å². The summed E-state index contributed by atoms with van der Waals surface area (Å²) in [4.78, 5) is 0.520. The van der Waals surface area contributed by atoms with Gasteiger partial charge in [0.2, 0.25) is 0 Å². The lowest BCUT2D eigenvalue weighted by molar-refractivity contribution is 0.202. The fourth-order valence-electron chi connectivity index (χ4n) is 2.94. The predicted octanol–water partition coefficient (Wildman–Crippen LogP) is 4.75. The molecule has 2 rings (SSSR count). The molecule has 3 unspecified atom stereocenters. The highest BCUT2D eigenvalue weighted by molar-refractivity contribution is 9.09. The van der Waals surface area contributed by atoms with E-state index in [-0.39, 0.29) is 0 Å². The average Bonchev–Trinajstić information content (AvgIpc) is 2.82. The number of methoxy groups -OCH3 is 1. The number of hydrogen-bond donors (Lipinski definition) is 0. The highest BCUT2D eigenvalue weighted by Gasteiger charge is 2.30. The maximum Gasteiger partial charge on any atom is 0.0502 e. The van der Waals surface area contributed by atoms with E-state index in [4.69, 9.17) is 4.74 Å². The van der Waals surface area contributed by atoms with Crippen molar-refractivity contribution in [2.45, 2.75) is 37.4 Å². The van der Waals surface area contributed by atoms with E-state index < -0.39 is 0 Å². The maximum atomic E-state index is 5.11. The first-order chi connectivity index (χ1) is 8.72. The summed E-state index contributed by atoms with van der Waals surface area (Å²) in [5, 5.41) is 0. The van der Waals surface area contributed by atoms with Crippen LogP contribution in [0.2, 0.25) is 0 Å². The van der Waals surface area contributed by atoms with Crippen LogP contribution in [0.25, 0.3) is 0 Å². The van der Waals surface area contributed by atoms with Crippen molar-refractivity contribution in [1.29, 1.82) is 0 Å². The Bertz CT molecular complexity index is 360. The van der Waals surface area contributed by atoms with Crippen LogP contribution in [0, 0.1) is 11.8 Å². The third-order valence-electron chi connectivity index (χ3n) is 4.20. The van der Waals surface area contributed by atoms with Crippen molar-refractivity contribution >= 4 is 15.9 Å². The van der Waals surface area contributed by atoms with Gasteiger partial charge >= 0.3 is 0 Å². The molecular formula is C16H23BrO. The summed E-state index contributed by atoms with van der Waals surface area (Å²) in [6.07, 6.45) is 5.14. The third-order valence-corrected chi connectivity index (χ3v) is 5.40. The van der Waals surface area contributed by atoms with Crippen LogP contribution in [0.15, 0.2) is 24.3 Å². The molecule has 1 fully saturated rings. The lowest BCUT2D eigenvalue weighted by Crippen LogP contribution is -2.10. The molecule has 1 aliphatic rings. The molecule has 1 aromatic carbocycles. The molecule has 100 valence electrons. The molecule has 0 saturated heterocycles. The first-order valence-electron chi connectivity index (χ1n) is 6.94. The van der Waals surface area contributed by atoms with Crippen molar-refractivity contribution in [3.63, 3.8) is 0 Å². The summed E-state index contributed by atoms with van der Waals surface area (Å²) >= 11 is 3.91. The third kappa shape index (κ3) is 3.36. The first-order valence-corrected chi connectivity index (χ1v) is 7.85. The molecule has 2 heteroatoms. The summed E-state index contributed by atoms with van der Waals surface area (Å²) in [6.45, 7) is 3.19. The zero-order valence-electron chi connectivity index (χ0n) is 11.4. The van der Waals surface area contributed by atoms with Crippen molar-refractivity contribution in [3.05, 3.63) is 35.4 Å². The minimum Gasteiger partial charge on any atom is -0.384 e. The summed E-state index contributed by atoms with van der Waals surface area (Å²) < 4.78 is 5.11. The van der Waals surface area contributed by atoms with Crippen LogP contribution in [0.4, 0.5) is 0 Å². The van der Waals surface area contributed by atoms with Gasteiger partial charge in [0.25, 0.3) is 0 Å². The number of rotatable bonds is 5. The van der Waals surface area contributed by atoms with Gasteiger partial charge in [-0.25, -0.2) is 0 Å². The van der Waals surface area contributed by atoms with Gasteiger partial charge in [-0.2, -0.15) is 0 Å². The lowest BCUT2D eigenvalue weighted by Gasteiger charge is -2.22. The van der Waals surface area contributed by atoms with Crippen LogP contribution in [0.1, 0.15) is 42.1 Å². The molecular weight excluding hydrogens is 288 g/mol. The Morgan fingerprint density at radius 1 is 1.28 bits per heavy atom. The van der Waals surface area contributed by atoms with Gasteiger partial charge in [0, 0.05) is 11.9 Å². The van der Waals surface area contributed by atoms with Gasteiger partial charge in [0.05, 0.1) is 6.61 Å². The number of benzene rings is 1. The van der Waals surface area contributed by atoms with E-state index in [0.29, 0.717) is 4.83 Å². The number of ether oxygens (including phenoxy) is 1. The molecule has 1 aromatic rings. The van der Waals surface area contributed by atoms with E-state index in [1.807, 2.05) is 0 Å². The van der Waals surface area contributed by atoms with Crippen LogP contribution >= 0.6 is 15.9 Å². The van der Waals surface area contributed by atoms with E-state index in [0.717, 1.165) is 24.9 Å². The van der Waals surface area contributed by atoms with Gasteiger partial charge in [-0.15, -0.1) is 0 Å². The molecule has 0 spiro atoms. The SMILES string of the molecule is COCCc1ccc(C(Br)C2CCCC2C)cc1. The second-order valence-corrected chi connectivity index (χ2v) is 6.44. The van der Waals surface area contributed by atoms with Gasteiger partial charge in [-0.05, 0) is 35.8 Å². The first kappa shape index (κ1) is 14.1. The minimum absolute atomic E-state index is 0.520. The van der Waals surface area contributed by atoms with Crippen LogP contribution in [0.5, 0.6) is 0 Å². The molecule has 0 aromatic heterocycles. The quantitative estimate of drug-likeness (QED) is 0.713. The van der Waals surface area contributed by atoms with Crippen molar-refractivity contribution in [3.8, 4) is 0 Å². The fraction of sp³-hybridized carbons (Fsp3) is 0.625. The van der Waals surface area contributed by atoms with Crippen molar-refractivity contribution < 1.29 is 4.74 Å². The molecule has 18 heavy (non-hydrogen) atoms.